The van der Waals surface area contributed by atoms with Crippen molar-refractivity contribution < 1.29 is 23.8 Å². The first-order valence-electron chi connectivity index (χ1n) is 5.47. The molecule has 6 heteroatoms. The van der Waals surface area contributed by atoms with Crippen LogP contribution in [0.15, 0.2) is 18.2 Å². The summed E-state index contributed by atoms with van der Waals surface area (Å²) >= 11 is 0. The minimum atomic E-state index is -1.31. The Hall–Kier alpha value is -2.11. The van der Waals surface area contributed by atoms with Crippen LogP contribution < -0.4 is 10.1 Å². The smallest absolute Gasteiger partial charge is 0.339 e. The monoisotopic (exact) mass is 255 g/mol. The number of amides is 1. The van der Waals surface area contributed by atoms with E-state index in [1.165, 1.54) is 6.07 Å². The summed E-state index contributed by atoms with van der Waals surface area (Å²) in [5.74, 6) is -2.36. The molecule has 0 atom stereocenters. The summed E-state index contributed by atoms with van der Waals surface area (Å²) in [4.78, 5) is 22.1. The molecule has 18 heavy (non-hydrogen) atoms. The Morgan fingerprint density at radius 2 is 2.17 bits per heavy atom. The predicted octanol–water partition coefficient (Wildman–Crippen LogP) is 1.43. The molecule has 98 valence electrons. The molecule has 0 aliphatic rings. The number of halogens is 1. The van der Waals surface area contributed by atoms with Gasteiger partial charge in [0.2, 0.25) is 0 Å². The molecule has 0 fully saturated rings. The van der Waals surface area contributed by atoms with Gasteiger partial charge in [0.25, 0.3) is 5.91 Å². The number of nitrogens with one attached hydrogen (secondary N) is 1. The Kier molecular flexibility index (Phi) is 5.10. The molecule has 0 bridgehead atoms. The Morgan fingerprint density at radius 1 is 1.44 bits per heavy atom. The van der Waals surface area contributed by atoms with Gasteiger partial charge in [-0.3, -0.25) is 4.79 Å². The van der Waals surface area contributed by atoms with E-state index in [0.29, 0.717) is 6.54 Å². The Labute approximate surface area is 104 Å². The van der Waals surface area contributed by atoms with Gasteiger partial charge < -0.3 is 15.2 Å². The number of ether oxygens (including phenoxy) is 1. The highest BCUT2D eigenvalue weighted by molar-refractivity contribution is 5.91. The first kappa shape index (κ1) is 14.0. The van der Waals surface area contributed by atoms with Crippen molar-refractivity contribution in [3.63, 3.8) is 0 Å². The normalized spacial score (nSPS) is 9.89. The fourth-order valence-corrected chi connectivity index (χ4v) is 1.25. The standard InChI is InChI=1S/C12H14FNO4/c1-2-5-14-11(15)7-18-10-4-3-8(13)6-9(10)12(16)17/h3-4,6H,2,5,7H2,1H3,(H,14,15)(H,16,17). The molecule has 0 spiro atoms. The van der Waals surface area contributed by atoms with Crippen molar-refractivity contribution in [3.05, 3.63) is 29.6 Å². The quantitative estimate of drug-likeness (QED) is 0.806. The maximum atomic E-state index is 12.9. The van der Waals surface area contributed by atoms with Gasteiger partial charge in [-0.05, 0) is 24.6 Å². The fourth-order valence-electron chi connectivity index (χ4n) is 1.25. The fraction of sp³-hybridized carbons (Fsp3) is 0.333. The maximum absolute atomic E-state index is 12.9. The largest absolute Gasteiger partial charge is 0.483 e. The first-order valence-corrected chi connectivity index (χ1v) is 5.47. The van der Waals surface area contributed by atoms with Gasteiger partial charge in [0.05, 0.1) is 0 Å². The molecule has 0 aliphatic carbocycles. The average molecular weight is 255 g/mol. The lowest BCUT2D eigenvalue weighted by Crippen LogP contribution is -2.29. The summed E-state index contributed by atoms with van der Waals surface area (Å²) in [5.41, 5.74) is -0.307. The van der Waals surface area contributed by atoms with Crippen LogP contribution in [0.1, 0.15) is 23.7 Å². The van der Waals surface area contributed by atoms with Crippen LogP contribution in [-0.2, 0) is 4.79 Å². The highest BCUT2D eigenvalue weighted by atomic mass is 19.1. The van der Waals surface area contributed by atoms with Gasteiger partial charge in [0.15, 0.2) is 6.61 Å². The maximum Gasteiger partial charge on any atom is 0.339 e. The molecule has 0 saturated carbocycles. The third-order valence-electron chi connectivity index (χ3n) is 2.10. The number of rotatable bonds is 6. The van der Waals surface area contributed by atoms with E-state index in [0.717, 1.165) is 18.6 Å². The number of hydrogen-bond donors (Lipinski definition) is 2. The van der Waals surface area contributed by atoms with Crippen molar-refractivity contribution in [1.82, 2.24) is 5.32 Å². The van der Waals surface area contributed by atoms with Crippen LogP contribution in [0.3, 0.4) is 0 Å². The Balaban J connectivity index is 2.67. The van der Waals surface area contributed by atoms with Gasteiger partial charge in [-0.25, -0.2) is 9.18 Å². The molecule has 1 aromatic rings. The van der Waals surface area contributed by atoms with Gasteiger partial charge in [0, 0.05) is 6.54 Å². The number of hydrogen-bond acceptors (Lipinski definition) is 3. The summed E-state index contributed by atoms with van der Waals surface area (Å²) in [5, 5.41) is 11.4. The highest BCUT2D eigenvalue weighted by Crippen LogP contribution is 2.19. The van der Waals surface area contributed by atoms with Crippen LogP contribution in [-0.4, -0.2) is 30.1 Å². The molecular formula is C12H14FNO4. The van der Waals surface area contributed by atoms with Crippen LogP contribution >= 0.6 is 0 Å². The van der Waals surface area contributed by atoms with Crippen molar-refractivity contribution in [2.75, 3.05) is 13.2 Å². The zero-order valence-electron chi connectivity index (χ0n) is 9.90. The molecular weight excluding hydrogens is 241 g/mol. The summed E-state index contributed by atoms with van der Waals surface area (Å²) in [6.07, 6.45) is 0.794. The van der Waals surface area contributed by atoms with Gasteiger partial charge in [-0.15, -0.1) is 0 Å². The lowest BCUT2D eigenvalue weighted by Gasteiger charge is -2.09. The van der Waals surface area contributed by atoms with E-state index < -0.39 is 11.8 Å². The van der Waals surface area contributed by atoms with E-state index in [2.05, 4.69) is 5.32 Å². The van der Waals surface area contributed by atoms with Crippen molar-refractivity contribution >= 4 is 11.9 Å². The number of carbonyl (C=O) groups is 2. The molecule has 0 unspecified atom stereocenters. The summed E-state index contributed by atoms with van der Waals surface area (Å²) in [7, 11) is 0. The van der Waals surface area contributed by atoms with Crippen molar-refractivity contribution in [2.45, 2.75) is 13.3 Å². The van der Waals surface area contributed by atoms with Crippen LogP contribution in [0.4, 0.5) is 4.39 Å². The number of benzene rings is 1. The second kappa shape index (κ2) is 6.58. The minimum Gasteiger partial charge on any atom is -0.483 e. The molecule has 0 heterocycles. The first-order chi connectivity index (χ1) is 8.54. The Morgan fingerprint density at radius 3 is 2.78 bits per heavy atom. The van der Waals surface area contributed by atoms with Crippen LogP contribution in [0, 0.1) is 5.82 Å². The van der Waals surface area contributed by atoms with Crippen LogP contribution in [0.2, 0.25) is 0 Å². The molecule has 1 amide bonds. The van der Waals surface area contributed by atoms with E-state index in [9.17, 15) is 14.0 Å². The molecule has 0 saturated heterocycles. The van der Waals surface area contributed by atoms with Gasteiger partial charge in [0.1, 0.15) is 17.1 Å². The summed E-state index contributed by atoms with van der Waals surface area (Å²) < 4.78 is 17.9. The lowest BCUT2D eigenvalue weighted by molar-refractivity contribution is -0.123. The van der Waals surface area contributed by atoms with E-state index >= 15 is 0 Å². The zero-order valence-corrected chi connectivity index (χ0v) is 9.90. The number of carbonyl (C=O) groups excluding carboxylic acids is 1. The Bertz CT molecular complexity index is 448. The van der Waals surface area contributed by atoms with E-state index in [1.807, 2.05) is 6.92 Å². The molecule has 0 radical (unpaired) electrons. The SMILES string of the molecule is CCCNC(=O)COc1ccc(F)cc1C(=O)O. The third-order valence-corrected chi connectivity index (χ3v) is 2.10. The zero-order chi connectivity index (χ0) is 13.5. The number of carboxylic acids is 1. The summed E-state index contributed by atoms with van der Waals surface area (Å²) in [6.45, 7) is 2.13. The molecule has 1 aromatic carbocycles. The van der Waals surface area contributed by atoms with Crippen molar-refractivity contribution in [2.24, 2.45) is 0 Å². The van der Waals surface area contributed by atoms with Crippen molar-refractivity contribution in [1.29, 1.82) is 0 Å². The van der Waals surface area contributed by atoms with Crippen LogP contribution in [0.25, 0.3) is 0 Å². The molecule has 5 nitrogen and oxygen atoms in total. The second-order valence-electron chi connectivity index (χ2n) is 3.58. The summed E-state index contributed by atoms with van der Waals surface area (Å²) in [6, 6.07) is 3.11. The van der Waals surface area contributed by atoms with E-state index in [4.69, 9.17) is 9.84 Å². The molecule has 0 aliphatic heterocycles. The number of aromatic carboxylic acids is 1. The molecule has 2 N–H and O–H groups in total. The molecule has 1 rings (SSSR count). The third kappa shape index (κ3) is 4.04. The van der Waals surface area contributed by atoms with Crippen molar-refractivity contribution in [3.8, 4) is 5.75 Å². The second-order valence-corrected chi connectivity index (χ2v) is 3.58. The van der Waals surface area contributed by atoms with E-state index in [1.54, 1.807) is 0 Å². The van der Waals surface area contributed by atoms with Gasteiger partial charge >= 0.3 is 5.97 Å². The lowest BCUT2D eigenvalue weighted by atomic mass is 10.2. The van der Waals surface area contributed by atoms with Gasteiger partial charge in [-0.1, -0.05) is 6.92 Å². The predicted molar refractivity (Wildman–Crippen MR) is 62.2 cm³/mol. The van der Waals surface area contributed by atoms with Crippen LogP contribution in [0.5, 0.6) is 5.75 Å². The van der Waals surface area contributed by atoms with E-state index in [-0.39, 0.29) is 23.8 Å². The minimum absolute atomic E-state index is 0.0319. The highest BCUT2D eigenvalue weighted by Gasteiger charge is 2.13. The van der Waals surface area contributed by atoms with Gasteiger partial charge in [-0.2, -0.15) is 0 Å². The number of carboxylic acid groups (broad SMARTS) is 1. The molecule has 0 aromatic heterocycles. The average Bonchev–Trinajstić information content (AvgIpc) is 2.34. The topological polar surface area (TPSA) is 75.6 Å².